The van der Waals surface area contributed by atoms with Gasteiger partial charge in [0, 0.05) is 22.2 Å². The number of aliphatic imine (C=N–C) groups is 2. The van der Waals surface area contributed by atoms with Crippen molar-refractivity contribution in [3.8, 4) is 22.3 Å². The van der Waals surface area contributed by atoms with Crippen LogP contribution >= 0.6 is 11.3 Å². The highest BCUT2D eigenvalue weighted by Gasteiger charge is 2.00. The molecular weight excluding hydrogens is 420 g/mol. The standard InChI is InChI=1S/C30H22N2S/c1-3-9-23(10-4-1)25-13-7-15-27(19-25)31-21-29-17-18-30(33-29)22-32-28-16-8-14-26(20-28)24-11-5-2-6-12-24/h1-22H. The topological polar surface area (TPSA) is 24.7 Å². The summed E-state index contributed by atoms with van der Waals surface area (Å²) in [6.45, 7) is 0. The zero-order valence-corrected chi connectivity index (χ0v) is 18.8. The fourth-order valence-electron chi connectivity index (χ4n) is 3.58. The smallest absolute Gasteiger partial charge is 0.0636 e. The van der Waals surface area contributed by atoms with Crippen molar-refractivity contribution in [3.05, 3.63) is 131 Å². The van der Waals surface area contributed by atoms with Crippen molar-refractivity contribution in [3.63, 3.8) is 0 Å². The van der Waals surface area contributed by atoms with Gasteiger partial charge in [0.25, 0.3) is 0 Å². The van der Waals surface area contributed by atoms with Crippen molar-refractivity contribution in [2.45, 2.75) is 0 Å². The molecule has 2 nitrogen and oxygen atoms in total. The Labute approximate surface area is 198 Å². The number of benzene rings is 4. The summed E-state index contributed by atoms with van der Waals surface area (Å²) in [7, 11) is 0. The molecule has 33 heavy (non-hydrogen) atoms. The minimum atomic E-state index is 0.942. The number of hydrogen-bond donors (Lipinski definition) is 0. The van der Waals surface area contributed by atoms with Gasteiger partial charge in [-0.25, -0.2) is 0 Å². The van der Waals surface area contributed by atoms with Crippen LogP contribution in [0.2, 0.25) is 0 Å². The Hall–Kier alpha value is -4.08. The third-order valence-electron chi connectivity index (χ3n) is 5.24. The lowest BCUT2D eigenvalue weighted by Crippen LogP contribution is -1.77. The van der Waals surface area contributed by atoms with Crippen molar-refractivity contribution in [2.24, 2.45) is 9.98 Å². The highest BCUT2D eigenvalue weighted by atomic mass is 32.1. The van der Waals surface area contributed by atoms with Gasteiger partial charge in [0.15, 0.2) is 0 Å². The molecule has 0 spiro atoms. The average Bonchev–Trinajstić information content (AvgIpc) is 3.36. The third kappa shape index (κ3) is 5.40. The number of rotatable bonds is 6. The van der Waals surface area contributed by atoms with Crippen molar-refractivity contribution in [2.75, 3.05) is 0 Å². The van der Waals surface area contributed by atoms with Crippen LogP contribution in [0.5, 0.6) is 0 Å². The lowest BCUT2D eigenvalue weighted by atomic mass is 10.1. The summed E-state index contributed by atoms with van der Waals surface area (Å²) in [5, 5.41) is 0. The molecule has 0 radical (unpaired) electrons. The van der Waals surface area contributed by atoms with Crippen LogP contribution in [0.25, 0.3) is 22.3 Å². The first-order valence-electron chi connectivity index (χ1n) is 10.8. The van der Waals surface area contributed by atoms with Crippen LogP contribution in [0.1, 0.15) is 9.75 Å². The Kier molecular flexibility index (Phi) is 6.32. The fraction of sp³-hybridized carbons (Fsp3) is 0. The summed E-state index contributed by atoms with van der Waals surface area (Å²) in [6.07, 6.45) is 3.84. The SMILES string of the molecule is C(=Nc1cccc(-c2ccccc2)c1)c1ccc(C=Nc2cccc(-c3ccccc3)c2)s1. The minimum absolute atomic E-state index is 0.942. The number of hydrogen-bond acceptors (Lipinski definition) is 3. The lowest BCUT2D eigenvalue weighted by Gasteiger charge is -2.02. The van der Waals surface area contributed by atoms with E-state index in [1.54, 1.807) is 11.3 Å². The largest absolute Gasteiger partial charge is 0.255 e. The maximum atomic E-state index is 4.68. The van der Waals surface area contributed by atoms with Crippen LogP contribution in [-0.2, 0) is 0 Å². The van der Waals surface area contributed by atoms with E-state index < -0.39 is 0 Å². The second kappa shape index (κ2) is 10.0. The van der Waals surface area contributed by atoms with E-state index in [4.69, 9.17) is 0 Å². The molecule has 0 aliphatic heterocycles. The van der Waals surface area contributed by atoms with E-state index in [-0.39, 0.29) is 0 Å². The summed E-state index contributed by atoms with van der Waals surface area (Å²) in [6, 6.07) is 41.5. The van der Waals surface area contributed by atoms with E-state index in [1.165, 1.54) is 22.3 Å². The molecule has 0 aliphatic rings. The number of thiophene rings is 1. The second-order valence-corrected chi connectivity index (χ2v) is 8.74. The van der Waals surface area contributed by atoms with Gasteiger partial charge >= 0.3 is 0 Å². The van der Waals surface area contributed by atoms with Crippen LogP contribution in [0.15, 0.2) is 131 Å². The van der Waals surface area contributed by atoms with Gasteiger partial charge in [-0.2, -0.15) is 0 Å². The Bertz CT molecular complexity index is 1290. The molecule has 1 heterocycles. The monoisotopic (exact) mass is 442 g/mol. The zero-order chi connectivity index (χ0) is 22.3. The quantitative estimate of drug-likeness (QED) is 0.235. The summed E-state index contributed by atoms with van der Waals surface area (Å²) >= 11 is 1.67. The highest BCUT2D eigenvalue weighted by Crippen LogP contribution is 2.26. The number of nitrogens with zero attached hydrogens (tertiary/aromatic N) is 2. The second-order valence-electron chi connectivity index (χ2n) is 7.59. The molecule has 0 N–H and O–H groups in total. The predicted octanol–water partition coefficient (Wildman–Crippen LogP) is 8.58. The minimum Gasteiger partial charge on any atom is -0.255 e. The maximum Gasteiger partial charge on any atom is 0.0636 e. The van der Waals surface area contributed by atoms with Gasteiger partial charge in [0.2, 0.25) is 0 Å². The van der Waals surface area contributed by atoms with Crippen LogP contribution < -0.4 is 0 Å². The van der Waals surface area contributed by atoms with Gasteiger partial charge in [0.1, 0.15) is 0 Å². The van der Waals surface area contributed by atoms with E-state index in [0.29, 0.717) is 0 Å². The first kappa shape index (κ1) is 20.8. The molecule has 0 atom stereocenters. The molecule has 0 amide bonds. The molecule has 0 saturated heterocycles. The molecule has 0 fully saturated rings. The molecule has 0 bridgehead atoms. The van der Waals surface area contributed by atoms with E-state index in [1.807, 2.05) is 48.8 Å². The lowest BCUT2D eigenvalue weighted by molar-refractivity contribution is 1.52. The van der Waals surface area contributed by atoms with Gasteiger partial charge in [-0.05, 0) is 58.7 Å². The van der Waals surface area contributed by atoms with E-state index in [9.17, 15) is 0 Å². The molecule has 5 aromatic rings. The summed E-state index contributed by atoms with van der Waals surface area (Å²) in [5.74, 6) is 0. The van der Waals surface area contributed by atoms with Crippen LogP contribution in [0, 0.1) is 0 Å². The molecule has 1 aromatic heterocycles. The van der Waals surface area contributed by atoms with E-state index in [2.05, 4.69) is 94.9 Å². The zero-order valence-electron chi connectivity index (χ0n) is 18.0. The molecule has 0 aliphatic carbocycles. The molecule has 0 saturated carbocycles. The Morgan fingerprint density at radius 1 is 0.424 bits per heavy atom. The van der Waals surface area contributed by atoms with Gasteiger partial charge in [-0.3, -0.25) is 9.98 Å². The summed E-state index contributed by atoms with van der Waals surface area (Å²) in [5.41, 5.74) is 6.61. The molecule has 3 heteroatoms. The third-order valence-corrected chi connectivity index (χ3v) is 6.19. The van der Waals surface area contributed by atoms with Crippen LogP contribution in [0.4, 0.5) is 11.4 Å². The Morgan fingerprint density at radius 2 is 0.848 bits per heavy atom. The highest BCUT2D eigenvalue weighted by molar-refractivity contribution is 7.15. The van der Waals surface area contributed by atoms with Crippen LogP contribution in [0.3, 0.4) is 0 Å². The summed E-state index contributed by atoms with van der Waals surface area (Å²) in [4.78, 5) is 11.6. The van der Waals surface area contributed by atoms with Gasteiger partial charge in [0.05, 0.1) is 11.4 Å². The van der Waals surface area contributed by atoms with E-state index in [0.717, 1.165) is 21.1 Å². The van der Waals surface area contributed by atoms with Crippen molar-refractivity contribution in [1.29, 1.82) is 0 Å². The fourth-order valence-corrected chi connectivity index (χ4v) is 4.33. The van der Waals surface area contributed by atoms with Gasteiger partial charge in [-0.15, -0.1) is 11.3 Å². The van der Waals surface area contributed by atoms with Crippen molar-refractivity contribution < 1.29 is 0 Å². The molecular formula is C30H22N2S. The maximum absolute atomic E-state index is 4.68. The molecule has 158 valence electrons. The average molecular weight is 443 g/mol. The molecule has 4 aromatic carbocycles. The Morgan fingerprint density at radius 3 is 1.30 bits per heavy atom. The van der Waals surface area contributed by atoms with Crippen molar-refractivity contribution in [1.82, 2.24) is 0 Å². The molecule has 5 rings (SSSR count). The van der Waals surface area contributed by atoms with Crippen molar-refractivity contribution >= 4 is 35.1 Å². The normalized spacial score (nSPS) is 11.4. The first-order valence-corrected chi connectivity index (χ1v) is 11.6. The van der Waals surface area contributed by atoms with Gasteiger partial charge < -0.3 is 0 Å². The molecule has 0 unspecified atom stereocenters. The predicted molar refractivity (Wildman–Crippen MR) is 143 cm³/mol. The van der Waals surface area contributed by atoms with Gasteiger partial charge in [-0.1, -0.05) is 84.9 Å². The Balaban J connectivity index is 1.28. The van der Waals surface area contributed by atoms with E-state index >= 15 is 0 Å². The van der Waals surface area contributed by atoms with Crippen LogP contribution in [-0.4, -0.2) is 12.4 Å². The summed E-state index contributed by atoms with van der Waals surface area (Å²) < 4.78 is 0. The first-order chi connectivity index (χ1) is 16.3.